The number of nitrogens with one attached hydrogen (secondary N) is 2. The van der Waals surface area contributed by atoms with Crippen LogP contribution in [0.4, 0.5) is 0 Å². The molecule has 0 radical (unpaired) electrons. The Morgan fingerprint density at radius 3 is 2.65 bits per heavy atom. The Labute approximate surface area is 138 Å². The number of carbonyl (C=O) groups excluding carboxylic acids is 1. The minimum atomic E-state index is -3.21. The molecule has 1 saturated heterocycles. The third-order valence-corrected chi connectivity index (χ3v) is 4.66. The second kappa shape index (κ2) is 8.42. The maximum absolute atomic E-state index is 12.4. The first-order valence-electron chi connectivity index (χ1n) is 7.96. The van der Waals surface area contributed by atoms with Crippen LogP contribution in [0.2, 0.25) is 0 Å². The zero-order chi connectivity index (χ0) is 16.7. The van der Waals surface area contributed by atoms with Crippen LogP contribution < -0.4 is 10.0 Å². The molecule has 1 atom stereocenters. The van der Waals surface area contributed by atoms with Crippen LogP contribution in [0.15, 0.2) is 30.3 Å². The zero-order valence-electron chi connectivity index (χ0n) is 13.5. The van der Waals surface area contributed by atoms with E-state index in [1.54, 1.807) is 0 Å². The standard InChI is InChI=1S/C16H25N3O3S/c1-23(21,22)18-11-10-17-16(20)15-9-5-6-12-19(15)13-14-7-3-2-4-8-14/h2-4,7-8,15,18H,5-6,9-13H2,1H3,(H,17,20). The van der Waals surface area contributed by atoms with Crippen LogP contribution in [0.5, 0.6) is 0 Å². The van der Waals surface area contributed by atoms with E-state index in [9.17, 15) is 13.2 Å². The van der Waals surface area contributed by atoms with Crippen LogP contribution in [0, 0.1) is 0 Å². The lowest BCUT2D eigenvalue weighted by Gasteiger charge is -2.34. The van der Waals surface area contributed by atoms with E-state index in [-0.39, 0.29) is 18.5 Å². The first-order chi connectivity index (χ1) is 11.0. The van der Waals surface area contributed by atoms with Crippen molar-refractivity contribution in [2.45, 2.75) is 31.8 Å². The number of amides is 1. The lowest BCUT2D eigenvalue weighted by molar-refractivity contribution is -0.127. The molecule has 6 nitrogen and oxygen atoms in total. The van der Waals surface area contributed by atoms with E-state index in [4.69, 9.17) is 0 Å². The molecule has 0 saturated carbocycles. The lowest BCUT2D eigenvalue weighted by Crippen LogP contribution is -2.50. The molecule has 128 valence electrons. The Bertz CT molecular complexity index is 604. The van der Waals surface area contributed by atoms with Gasteiger partial charge in [0.1, 0.15) is 0 Å². The number of nitrogens with zero attached hydrogens (tertiary/aromatic N) is 1. The summed E-state index contributed by atoms with van der Waals surface area (Å²) in [6.45, 7) is 2.20. The summed E-state index contributed by atoms with van der Waals surface area (Å²) < 4.78 is 24.4. The zero-order valence-corrected chi connectivity index (χ0v) is 14.3. The monoisotopic (exact) mass is 339 g/mol. The average Bonchev–Trinajstić information content (AvgIpc) is 2.52. The van der Waals surface area contributed by atoms with E-state index >= 15 is 0 Å². The fourth-order valence-corrected chi connectivity index (χ4v) is 3.31. The number of rotatable bonds is 7. The van der Waals surface area contributed by atoms with Crippen LogP contribution in [0.1, 0.15) is 24.8 Å². The van der Waals surface area contributed by atoms with Crippen molar-refractivity contribution in [2.75, 3.05) is 25.9 Å². The molecule has 1 aromatic carbocycles. The minimum Gasteiger partial charge on any atom is -0.353 e. The molecule has 0 spiro atoms. The van der Waals surface area contributed by atoms with Crippen molar-refractivity contribution in [2.24, 2.45) is 0 Å². The van der Waals surface area contributed by atoms with E-state index in [0.29, 0.717) is 6.54 Å². The second-order valence-electron chi connectivity index (χ2n) is 5.93. The van der Waals surface area contributed by atoms with Gasteiger partial charge in [-0.1, -0.05) is 36.8 Å². The van der Waals surface area contributed by atoms with E-state index in [1.807, 2.05) is 18.2 Å². The Morgan fingerprint density at radius 1 is 1.22 bits per heavy atom. The smallest absolute Gasteiger partial charge is 0.237 e. The van der Waals surface area contributed by atoms with E-state index in [2.05, 4.69) is 27.1 Å². The van der Waals surface area contributed by atoms with Crippen LogP contribution in [0.25, 0.3) is 0 Å². The first kappa shape index (κ1) is 17.9. The van der Waals surface area contributed by atoms with Crippen LogP contribution >= 0.6 is 0 Å². The van der Waals surface area contributed by atoms with Gasteiger partial charge in [0, 0.05) is 19.6 Å². The quantitative estimate of drug-likeness (QED) is 0.717. The molecule has 0 aromatic heterocycles. The number of likely N-dealkylation sites (tertiary alicyclic amines) is 1. The third-order valence-electron chi connectivity index (χ3n) is 3.93. The number of piperidine rings is 1. The van der Waals surface area contributed by atoms with Gasteiger partial charge in [0.2, 0.25) is 15.9 Å². The summed E-state index contributed by atoms with van der Waals surface area (Å²) in [6.07, 6.45) is 4.10. The normalized spacial score (nSPS) is 19.4. The van der Waals surface area contributed by atoms with Crippen molar-refractivity contribution in [3.05, 3.63) is 35.9 Å². The number of benzene rings is 1. The molecule has 1 amide bonds. The molecule has 7 heteroatoms. The van der Waals surface area contributed by atoms with Gasteiger partial charge in [0.05, 0.1) is 12.3 Å². The van der Waals surface area contributed by atoms with Crippen molar-refractivity contribution < 1.29 is 13.2 Å². The van der Waals surface area contributed by atoms with E-state index < -0.39 is 10.0 Å². The van der Waals surface area contributed by atoms with Crippen molar-refractivity contribution >= 4 is 15.9 Å². The minimum absolute atomic E-state index is 0.0177. The average molecular weight is 339 g/mol. The Morgan fingerprint density at radius 2 is 1.96 bits per heavy atom. The highest BCUT2D eigenvalue weighted by atomic mass is 32.2. The second-order valence-corrected chi connectivity index (χ2v) is 7.76. The molecule has 1 aliphatic heterocycles. The maximum atomic E-state index is 12.4. The summed E-state index contributed by atoms with van der Waals surface area (Å²) in [5, 5.41) is 2.83. The summed E-state index contributed by atoms with van der Waals surface area (Å²) >= 11 is 0. The van der Waals surface area contributed by atoms with Gasteiger partial charge < -0.3 is 5.32 Å². The molecule has 1 aliphatic rings. The summed E-state index contributed by atoms with van der Waals surface area (Å²) in [7, 11) is -3.21. The predicted octanol–water partition coefficient (Wildman–Crippen LogP) is 0.707. The summed E-state index contributed by atoms with van der Waals surface area (Å²) in [4.78, 5) is 14.6. The maximum Gasteiger partial charge on any atom is 0.237 e. The Balaban J connectivity index is 1.86. The largest absolute Gasteiger partial charge is 0.353 e. The van der Waals surface area contributed by atoms with Crippen LogP contribution in [0.3, 0.4) is 0 Å². The van der Waals surface area contributed by atoms with Crippen molar-refractivity contribution in [3.8, 4) is 0 Å². The molecular weight excluding hydrogens is 314 g/mol. The molecule has 1 unspecified atom stereocenters. The molecule has 0 aliphatic carbocycles. The van der Waals surface area contributed by atoms with Gasteiger partial charge >= 0.3 is 0 Å². The number of carbonyl (C=O) groups is 1. The fourth-order valence-electron chi connectivity index (χ4n) is 2.84. The molecule has 1 heterocycles. The first-order valence-corrected chi connectivity index (χ1v) is 9.85. The van der Waals surface area contributed by atoms with Gasteiger partial charge in [-0.25, -0.2) is 13.1 Å². The van der Waals surface area contributed by atoms with Gasteiger partial charge in [-0.3, -0.25) is 9.69 Å². The van der Waals surface area contributed by atoms with E-state index in [0.717, 1.165) is 38.6 Å². The van der Waals surface area contributed by atoms with Gasteiger partial charge in [-0.15, -0.1) is 0 Å². The van der Waals surface area contributed by atoms with E-state index in [1.165, 1.54) is 5.56 Å². The molecule has 2 N–H and O–H groups in total. The van der Waals surface area contributed by atoms with Gasteiger partial charge in [0.25, 0.3) is 0 Å². The number of sulfonamides is 1. The van der Waals surface area contributed by atoms with Crippen molar-refractivity contribution in [3.63, 3.8) is 0 Å². The molecule has 2 rings (SSSR count). The van der Waals surface area contributed by atoms with Crippen molar-refractivity contribution in [1.82, 2.24) is 14.9 Å². The Kier molecular flexibility index (Phi) is 6.56. The highest BCUT2D eigenvalue weighted by Gasteiger charge is 2.28. The predicted molar refractivity (Wildman–Crippen MR) is 90.3 cm³/mol. The van der Waals surface area contributed by atoms with Gasteiger partial charge in [-0.2, -0.15) is 0 Å². The molecular formula is C16H25N3O3S. The summed E-state index contributed by atoms with van der Waals surface area (Å²) in [5.74, 6) is -0.0177. The fraction of sp³-hybridized carbons (Fsp3) is 0.562. The Hall–Kier alpha value is -1.44. The number of hydrogen-bond donors (Lipinski definition) is 2. The molecule has 0 bridgehead atoms. The molecule has 1 fully saturated rings. The lowest BCUT2D eigenvalue weighted by atomic mass is 10.0. The SMILES string of the molecule is CS(=O)(=O)NCCNC(=O)C1CCCCN1Cc1ccccc1. The third kappa shape index (κ3) is 6.29. The van der Waals surface area contributed by atoms with Gasteiger partial charge in [-0.05, 0) is 24.9 Å². The van der Waals surface area contributed by atoms with Gasteiger partial charge in [0.15, 0.2) is 0 Å². The highest BCUT2D eigenvalue weighted by Crippen LogP contribution is 2.19. The number of hydrogen-bond acceptors (Lipinski definition) is 4. The summed E-state index contributed by atoms with van der Waals surface area (Å²) in [6, 6.07) is 10.00. The topological polar surface area (TPSA) is 78.5 Å². The summed E-state index contributed by atoms with van der Waals surface area (Å²) in [5.41, 5.74) is 1.20. The van der Waals surface area contributed by atoms with Crippen LogP contribution in [-0.4, -0.2) is 51.2 Å². The molecule has 23 heavy (non-hydrogen) atoms. The van der Waals surface area contributed by atoms with Crippen LogP contribution in [-0.2, 0) is 21.4 Å². The highest BCUT2D eigenvalue weighted by molar-refractivity contribution is 7.88. The van der Waals surface area contributed by atoms with Crippen molar-refractivity contribution in [1.29, 1.82) is 0 Å². The molecule has 1 aromatic rings.